The van der Waals surface area contributed by atoms with Gasteiger partial charge in [0.25, 0.3) is 5.91 Å². The minimum absolute atomic E-state index is 0.120. The molecule has 0 saturated carbocycles. The van der Waals surface area contributed by atoms with Crippen LogP contribution >= 0.6 is 0 Å². The third-order valence-corrected chi connectivity index (χ3v) is 4.03. The van der Waals surface area contributed by atoms with Crippen LogP contribution in [-0.2, 0) is 0 Å². The number of nitrogens with one attached hydrogen (secondary N) is 2. The Kier molecular flexibility index (Phi) is 4.57. The zero-order chi connectivity index (χ0) is 17.1. The molecule has 124 valence electrons. The van der Waals surface area contributed by atoms with E-state index in [1.807, 2.05) is 37.2 Å². The van der Waals surface area contributed by atoms with Crippen LogP contribution in [0.15, 0.2) is 48.7 Å². The van der Waals surface area contributed by atoms with E-state index in [1.165, 1.54) is 12.1 Å². The number of nitrogens with zero attached hydrogens (tertiary/aromatic N) is 2. The summed E-state index contributed by atoms with van der Waals surface area (Å²) in [6.07, 6.45) is 1.68. The van der Waals surface area contributed by atoms with Crippen molar-refractivity contribution < 1.29 is 9.18 Å². The number of hydrogen-bond acceptors (Lipinski definition) is 3. The Hall–Kier alpha value is -2.73. The first-order valence-electron chi connectivity index (χ1n) is 7.68. The Labute approximate surface area is 139 Å². The molecule has 5 nitrogen and oxygen atoms in total. The SMILES string of the molecule is CN(C)C(CNC(=O)c1cccc2cn[nH]c12)c1cccc(F)c1. The Bertz CT molecular complexity index is 859. The van der Waals surface area contributed by atoms with Gasteiger partial charge in [0.1, 0.15) is 5.82 Å². The molecule has 0 aliphatic heterocycles. The van der Waals surface area contributed by atoms with E-state index < -0.39 is 0 Å². The highest BCUT2D eigenvalue weighted by atomic mass is 19.1. The fraction of sp³-hybridized carbons (Fsp3) is 0.222. The third-order valence-electron chi connectivity index (χ3n) is 4.03. The zero-order valence-corrected chi connectivity index (χ0v) is 13.6. The first-order chi connectivity index (χ1) is 11.6. The number of aromatic nitrogens is 2. The Morgan fingerprint density at radius 2 is 2.08 bits per heavy atom. The predicted molar refractivity (Wildman–Crippen MR) is 91.3 cm³/mol. The lowest BCUT2D eigenvalue weighted by Gasteiger charge is -2.25. The molecular weight excluding hydrogens is 307 g/mol. The molecule has 3 aromatic rings. The first kappa shape index (κ1) is 16.1. The zero-order valence-electron chi connectivity index (χ0n) is 13.6. The molecule has 1 heterocycles. The normalized spacial score (nSPS) is 12.5. The van der Waals surface area contributed by atoms with Gasteiger partial charge in [-0.2, -0.15) is 5.10 Å². The smallest absolute Gasteiger partial charge is 0.253 e. The maximum Gasteiger partial charge on any atom is 0.253 e. The lowest BCUT2D eigenvalue weighted by atomic mass is 10.1. The van der Waals surface area contributed by atoms with Crippen molar-refractivity contribution in [2.75, 3.05) is 20.6 Å². The molecule has 0 bridgehead atoms. The van der Waals surface area contributed by atoms with Crippen molar-refractivity contribution in [3.05, 3.63) is 65.6 Å². The number of carbonyl (C=O) groups is 1. The quantitative estimate of drug-likeness (QED) is 0.758. The topological polar surface area (TPSA) is 61.0 Å². The highest BCUT2D eigenvalue weighted by Gasteiger charge is 2.17. The number of halogens is 1. The van der Waals surface area contributed by atoms with Crippen molar-refractivity contribution >= 4 is 16.8 Å². The maximum atomic E-state index is 13.5. The average molecular weight is 326 g/mol. The number of amides is 1. The first-order valence-corrected chi connectivity index (χ1v) is 7.68. The van der Waals surface area contributed by atoms with E-state index in [1.54, 1.807) is 18.3 Å². The summed E-state index contributed by atoms with van der Waals surface area (Å²) in [5.74, 6) is -0.471. The molecule has 0 aliphatic carbocycles. The van der Waals surface area contributed by atoms with Gasteiger partial charge in [0.2, 0.25) is 0 Å². The molecule has 24 heavy (non-hydrogen) atoms. The van der Waals surface area contributed by atoms with Crippen LogP contribution in [0.1, 0.15) is 22.0 Å². The van der Waals surface area contributed by atoms with Crippen molar-refractivity contribution in [1.29, 1.82) is 0 Å². The molecule has 1 atom stereocenters. The van der Waals surface area contributed by atoms with Crippen molar-refractivity contribution in [1.82, 2.24) is 20.4 Å². The van der Waals surface area contributed by atoms with Gasteiger partial charge in [0, 0.05) is 11.9 Å². The number of fused-ring (bicyclic) bond motifs is 1. The monoisotopic (exact) mass is 326 g/mol. The largest absolute Gasteiger partial charge is 0.350 e. The Morgan fingerprint density at radius 3 is 2.83 bits per heavy atom. The lowest BCUT2D eigenvalue weighted by Crippen LogP contribution is -2.34. The average Bonchev–Trinajstić information content (AvgIpc) is 3.03. The molecule has 1 aromatic heterocycles. The molecule has 0 aliphatic rings. The van der Waals surface area contributed by atoms with Gasteiger partial charge in [-0.3, -0.25) is 9.89 Å². The highest BCUT2D eigenvalue weighted by Crippen LogP contribution is 2.19. The van der Waals surface area contributed by atoms with Gasteiger partial charge in [-0.05, 0) is 37.9 Å². The number of benzene rings is 2. The second-order valence-electron chi connectivity index (χ2n) is 5.88. The van der Waals surface area contributed by atoms with E-state index in [0.717, 1.165) is 10.9 Å². The second kappa shape index (κ2) is 6.80. The Morgan fingerprint density at radius 1 is 1.29 bits per heavy atom. The summed E-state index contributed by atoms with van der Waals surface area (Å²) >= 11 is 0. The van der Waals surface area contributed by atoms with Crippen LogP contribution < -0.4 is 5.32 Å². The fourth-order valence-corrected chi connectivity index (χ4v) is 2.76. The fourth-order valence-electron chi connectivity index (χ4n) is 2.76. The number of rotatable bonds is 5. The summed E-state index contributed by atoms with van der Waals surface area (Å²) < 4.78 is 13.5. The summed E-state index contributed by atoms with van der Waals surface area (Å²) in [4.78, 5) is 14.5. The van der Waals surface area contributed by atoms with Gasteiger partial charge < -0.3 is 10.2 Å². The Balaban J connectivity index is 1.77. The summed E-state index contributed by atoms with van der Waals surface area (Å²) in [7, 11) is 3.80. The maximum absolute atomic E-state index is 13.5. The molecule has 0 radical (unpaired) electrons. The van der Waals surface area contributed by atoms with Crippen molar-refractivity contribution in [2.45, 2.75) is 6.04 Å². The van der Waals surface area contributed by atoms with E-state index >= 15 is 0 Å². The van der Waals surface area contributed by atoms with Crippen LogP contribution in [-0.4, -0.2) is 41.6 Å². The molecule has 2 N–H and O–H groups in total. The van der Waals surface area contributed by atoms with E-state index in [-0.39, 0.29) is 17.8 Å². The van der Waals surface area contributed by atoms with Crippen LogP contribution in [0.25, 0.3) is 10.9 Å². The molecule has 3 rings (SSSR count). The van der Waals surface area contributed by atoms with Crippen molar-refractivity contribution in [3.8, 4) is 0 Å². The molecule has 0 saturated heterocycles. The highest BCUT2D eigenvalue weighted by molar-refractivity contribution is 6.05. The standard InChI is InChI=1S/C18H19FN4O/c1-23(2)16(12-5-3-7-14(19)9-12)11-20-18(24)15-8-4-6-13-10-21-22-17(13)15/h3-10,16H,11H2,1-2H3,(H,20,24)(H,21,22). The van der Waals surface area contributed by atoms with Crippen molar-refractivity contribution in [3.63, 3.8) is 0 Å². The minimum atomic E-state index is -0.284. The number of carbonyl (C=O) groups excluding carboxylic acids is 1. The van der Waals surface area contributed by atoms with Gasteiger partial charge in [-0.1, -0.05) is 24.3 Å². The molecule has 2 aromatic carbocycles. The van der Waals surface area contributed by atoms with Crippen LogP contribution in [0.5, 0.6) is 0 Å². The lowest BCUT2D eigenvalue weighted by molar-refractivity contribution is 0.0943. The van der Waals surface area contributed by atoms with Gasteiger partial charge >= 0.3 is 0 Å². The summed E-state index contributed by atoms with van der Waals surface area (Å²) in [5.41, 5.74) is 2.07. The number of likely N-dealkylation sites (N-methyl/N-ethyl adjacent to an activating group) is 1. The summed E-state index contributed by atoms with van der Waals surface area (Å²) in [6, 6.07) is 11.8. The van der Waals surface area contributed by atoms with Gasteiger partial charge in [-0.25, -0.2) is 4.39 Å². The summed E-state index contributed by atoms with van der Waals surface area (Å²) in [5, 5.41) is 10.6. The number of para-hydroxylation sites is 1. The molecule has 1 amide bonds. The van der Waals surface area contributed by atoms with Crippen molar-refractivity contribution in [2.24, 2.45) is 0 Å². The predicted octanol–water partition coefficient (Wildman–Crippen LogP) is 2.73. The van der Waals surface area contributed by atoms with Crippen LogP contribution in [0, 0.1) is 5.82 Å². The number of aromatic amines is 1. The van der Waals surface area contributed by atoms with Crippen LogP contribution in [0.2, 0.25) is 0 Å². The summed E-state index contributed by atoms with van der Waals surface area (Å²) in [6.45, 7) is 0.375. The second-order valence-corrected chi connectivity index (χ2v) is 5.88. The van der Waals surface area contributed by atoms with Crippen LogP contribution in [0.3, 0.4) is 0 Å². The van der Waals surface area contributed by atoms with Gasteiger partial charge in [0.05, 0.1) is 23.3 Å². The number of H-pyrrole nitrogens is 1. The third kappa shape index (κ3) is 3.28. The molecule has 6 heteroatoms. The molecule has 1 unspecified atom stereocenters. The minimum Gasteiger partial charge on any atom is -0.350 e. The van der Waals surface area contributed by atoms with Gasteiger partial charge in [0.15, 0.2) is 0 Å². The van der Waals surface area contributed by atoms with E-state index in [0.29, 0.717) is 17.6 Å². The van der Waals surface area contributed by atoms with E-state index in [9.17, 15) is 9.18 Å². The van der Waals surface area contributed by atoms with Crippen LogP contribution in [0.4, 0.5) is 4.39 Å². The molecule has 0 fully saturated rings. The molecule has 0 spiro atoms. The van der Waals surface area contributed by atoms with E-state index in [2.05, 4.69) is 15.5 Å². The van der Waals surface area contributed by atoms with Gasteiger partial charge in [-0.15, -0.1) is 0 Å². The van der Waals surface area contributed by atoms with E-state index in [4.69, 9.17) is 0 Å². The molecular formula is C18H19FN4O. The number of hydrogen-bond donors (Lipinski definition) is 2.